The molecule has 0 amide bonds. The fraction of sp³-hybridized carbons (Fsp3) is 0.400. The lowest BCUT2D eigenvalue weighted by Crippen LogP contribution is -2.42. The molecule has 1 aliphatic heterocycles. The van der Waals surface area contributed by atoms with Gasteiger partial charge in [0.1, 0.15) is 11.6 Å². The van der Waals surface area contributed by atoms with E-state index in [0.717, 1.165) is 32.7 Å². The summed E-state index contributed by atoms with van der Waals surface area (Å²) >= 11 is 0. The Kier molecular flexibility index (Phi) is 4.32. The van der Waals surface area contributed by atoms with Crippen LogP contribution >= 0.6 is 0 Å². The van der Waals surface area contributed by atoms with Crippen molar-refractivity contribution in [2.45, 2.75) is 6.54 Å². The van der Waals surface area contributed by atoms with Crippen LogP contribution in [0.3, 0.4) is 0 Å². The van der Waals surface area contributed by atoms with Crippen LogP contribution in [0, 0.1) is 11.3 Å². The Morgan fingerprint density at radius 3 is 2.77 bits per heavy atom. The highest BCUT2D eigenvalue weighted by atomic mass is 16.5. The second kappa shape index (κ2) is 6.56. The first-order valence-corrected chi connectivity index (χ1v) is 7.22. The van der Waals surface area contributed by atoms with Gasteiger partial charge in [0.15, 0.2) is 5.82 Å². The Labute approximate surface area is 129 Å². The molecule has 2 aromatic heterocycles. The van der Waals surface area contributed by atoms with Crippen LogP contribution in [0.15, 0.2) is 24.5 Å². The number of hydrogen-bond acceptors (Lipinski definition) is 6. The molecule has 0 unspecified atom stereocenters. The summed E-state index contributed by atoms with van der Waals surface area (Å²) < 4.78 is 6.63. The van der Waals surface area contributed by atoms with E-state index in [-0.39, 0.29) is 0 Å². The monoisotopic (exact) mass is 298 g/mol. The van der Waals surface area contributed by atoms with Crippen LogP contribution in [-0.4, -0.2) is 53.0 Å². The van der Waals surface area contributed by atoms with Crippen LogP contribution in [0.5, 0.6) is 5.88 Å². The van der Waals surface area contributed by atoms with Gasteiger partial charge in [-0.25, -0.2) is 9.67 Å². The van der Waals surface area contributed by atoms with Gasteiger partial charge in [-0.1, -0.05) is 6.07 Å². The third kappa shape index (κ3) is 3.08. The number of hydrogen-bond donors (Lipinski definition) is 1. The lowest BCUT2D eigenvalue weighted by Gasteiger charge is -2.27. The van der Waals surface area contributed by atoms with Gasteiger partial charge in [-0.2, -0.15) is 5.26 Å². The smallest absolute Gasteiger partial charge is 0.251 e. The van der Waals surface area contributed by atoms with Crippen molar-refractivity contribution in [2.75, 3.05) is 33.3 Å². The van der Waals surface area contributed by atoms with E-state index < -0.39 is 0 Å². The lowest BCUT2D eigenvalue weighted by atomic mass is 10.2. The number of pyridine rings is 1. The minimum Gasteiger partial charge on any atom is -0.479 e. The highest BCUT2D eigenvalue weighted by molar-refractivity contribution is 5.38. The standard InChI is InChI=1S/C15H18N6O/c1-22-15-13(8-16)11-21(19-15)14-3-2-12(9-18-14)10-20-6-4-17-5-7-20/h2-3,9,11,17H,4-7,10H2,1H3. The summed E-state index contributed by atoms with van der Waals surface area (Å²) in [6.07, 6.45) is 3.48. The minimum absolute atomic E-state index is 0.314. The van der Waals surface area contributed by atoms with Crippen LogP contribution in [-0.2, 0) is 6.54 Å². The zero-order chi connectivity index (χ0) is 15.4. The molecule has 3 heterocycles. The van der Waals surface area contributed by atoms with Gasteiger partial charge in [-0.15, -0.1) is 5.10 Å². The number of piperazine rings is 1. The van der Waals surface area contributed by atoms with Gasteiger partial charge in [-0.3, -0.25) is 4.90 Å². The van der Waals surface area contributed by atoms with E-state index in [2.05, 4.69) is 26.4 Å². The Hall–Kier alpha value is -2.43. The third-order valence-corrected chi connectivity index (χ3v) is 3.65. The van der Waals surface area contributed by atoms with Gasteiger partial charge in [0, 0.05) is 38.9 Å². The van der Waals surface area contributed by atoms with Gasteiger partial charge in [0.25, 0.3) is 5.88 Å². The summed E-state index contributed by atoms with van der Waals surface area (Å²) in [5.74, 6) is 0.984. The quantitative estimate of drug-likeness (QED) is 0.888. The molecular formula is C15H18N6O. The Bertz CT molecular complexity index is 666. The first-order valence-electron chi connectivity index (χ1n) is 7.22. The van der Waals surface area contributed by atoms with Crippen molar-refractivity contribution in [3.05, 3.63) is 35.7 Å². The molecule has 0 bridgehead atoms. The normalized spacial score (nSPS) is 15.5. The first-order chi connectivity index (χ1) is 10.8. The van der Waals surface area contributed by atoms with Gasteiger partial charge in [0.05, 0.1) is 13.3 Å². The lowest BCUT2D eigenvalue weighted by molar-refractivity contribution is 0.233. The topological polar surface area (TPSA) is 79.0 Å². The minimum atomic E-state index is 0.314. The largest absolute Gasteiger partial charge is 0.479 e. The molecule has 2 aromatic rings. The molecule has 1 N–H and O–H groups in total. The van der Waals surface area contributed by atoms with Gasteiger partial charge >= 0.3 is 0 Å². The van der Waals surface area contributed by atoms with Crippen LogP contribution in [0.1, 0.15) is 11.1 Å². The maximum atomic E-state index is 9.02. The van der Waals surface area contributed by atoms with Crippen molar-refractivity contribution >= 4 is 0 Å². The van der Waals surface area contributed by atoms with Crippen molar-refractivity contribution < 1.29 is 4.74 Å². The molecular weight excluding hydrogens is 280 g/mol. The van der Waals surface area contributed by atoms with Gasteiger partial charge in [0.2, 0.25) is 0 Å². The van der Waals surface area contributed by atoms with E-state index in [1.54, 1.807) is 10.9 Å². The Balaban J connectivity index is 1.73. The fourth-order valence-corrected chi connectivity index (χ4v) is 2.48. The molecule has 1 saturated heterocycles. The summed E-state index contributed by atoms with van der Waals surface area (Å²) in [4.78, 5) is 6.83. The number of nitriles is 1. The number of ether oxygens (including phenoxy) is 1. The Morgan fingerprint density at radius 2 is 2.18 bits per heavy atom. The predicted molar refractivity (Wildman–Crippen MR) is 80.8 cm³/mol. The summed E-state index contributed by atoms with van der Waals surface area (Å²) in [6.45, 7) is 5.10. The third-order valence-electron chi connectivity index (χ3n) is 3.65. The van der Waals surface area contributed by atoms with Gasteiger partial charge < -0.3 is 10.1 Å². The van der Waals surface area contributed by atoms with E-state index in [4.69, 9.17) is 10.00 Å². The molecule has 0 saturated carbocycles. The molecule has 0 spiro atoms. The number of rotatable bonds is 4. The van der Waals surface area contributed by atoms with Crippen LogP contribution < -0.4 is 10.1 Å². The maximum Gasteiger partial charge on any atom is 0.251 e. The summed E-state index contributed by atoms with van der Waals surface area (Å²) in [5, 5.41) is 16.6. The predicted octanol–water partition coefficient (Wildman–Crippen LogP) is 0.553. The molecule has 1 aliphatic rings. The average Bonchev–Trinajstić information content (AvgIpc) is 3.00. The van der Waals surface area contributed by atoms with Crippen molar-refractivity contribution in [3.8, 4) is 17.8 Å². The van der Waals surface area contributed by atoms with E-state index in [9.17, 15) is 0 Å². The Morgan fingerprint density at radius 1 is 1.36 bits per heavy atom. The highest BCUT2D eigenvalue weighted by Gasteiger charge is 2.12. The van der Waals surface area contributed by atoms with E-state index in [1.807, 2.05) is 18.3 Å². The second-order valence-electron chi connectivity index (χ2n) is 5.16. The molecule has 7 nitrogen and oxygen atoms in total. The zero-order valence-corrected chi connectivity index (χ0v) is 12.5. The number of aromatic nitrogens is 3. The van der Waals surface area contributed by atoms with Gasteiger partial charge in [-0.05, 0) is 11.6 Å². The van der Waals surface area contributed by atoms with Crippen LogP contribution in [0.4, 0.5) is 0 Å². The summed E-state index contributed by atoms with van der Waals surface area (Å²) in [7, 11) is 1.50. The zero-order valence-electron chi connectivity index (χ0n) is 12.5. The molecule has 0 radical (unpaired) electrons. The molecule has 3 rings (SSSR count). The summed E-state index contributed by atoms with van der Waals surface area (Å²) in [5.41, 5.74) is 1.57. The average molecular weight is 298 g/mol. The molecule has 1 fully saturated rings. The SMILES string of the molecule is COc1nn(-c2ccc(CN3CCNCC3)cn2)cc1C#N. The molecule has 22 heavy (non-hydrogen) atoms. The van der Waals surface area contributed by atoms with E-state index >= 15 is 0 Å². The van der Waals surface area contributed by atoms with E-state index in [1.165, 1.54) is 12.7 Å². The van der Waals surface area contributed by atoms with Crippen LogP contribution in [0.25, 0.3) is 5.82 Å². The molecule has 0 aliphatic carbocycles. The maximum absolute atomic E-state index is 9.02. The highest BCUT2D eigenvalue weighted by Crippen LogP contribution is 2.17. The number of methoxy groups -OCH3 is 1. The van der Waals surface area contributed by atoms with Crippen molar-refractivity contribution in [1.29, 1.82) is 5.26 Å². The second-order valence-corrected chi connectivity index (χ2v) is 5.16. The number of nitrogens with one attached hydrogen (secondary N) is 1. The van der Waals surface area contributed by atoms with Crippen LogP contribution in [0.2, 0.25) is 0 Å². The van der Waals surface area contributed by atoms with Crippen molar-refractivity contribution in [2.24, 2.45) is 0 Å². The van der Waals surface area contributed by atoms with E-state index in [0.29, 0.717) is 17.3 Å². The summed E-state index contributed by atoms with van der Waals surface area (Å²) in [6, 6.07) is 6.01. The first kappa shape index (κ1) is 14.5. The molecule has 0 aromatic carbocycles. The molecule has 0 atom stereocenters. The fourth-order valence-electron chi connectivity index (χ4n) is 2.48. The van der Waals surface area contributed by atoms with Crippen molar-refractivity contribution in [3.63, 3.8) is 0 Å². The molecule has 114 valence electrons. The van der Waals surface area contributed by atoms with Crippen molar-refractivity contribution in [1.82, 2.24) is 25.0 Å². The number of nitrogens with zero attached hydrogens (tertiary/aromatic N) is 5. The molecule has 7 heteroatoms.